The topological polar surface area (TPSA) is 315 Å². The van der Waals surface area contributed by atoms with Crippen molar-refractivity contribution in [3.8, 4) is 0 Å². The largest absolute Gasteiger partial charge is 0.440 e. The SMILES string of the molecule is CC(C)C1=NN=NC1.CC(C)c1nc(=O)[nH]o1.CC(C)c1noc(=O)[nH]1.CC(C)c1o[nH]c(=O)c1C(F)(F)F.CC(C)n1oc(=O)[nH]c1=O.Cc1c(C(C)C)o[nH]c1=O. The first-order valence-corrected chi connectivity index (χ1v) is 18.1. The number of hydrogen-bond acceptors (Lipinski definition) is 16. The maximum atomic E-state index is 12.2. The van der Waals surface area contributed by atoms with Crippen molar-refractivity contribution in [1.29, 1.82) is 0 Å². The highest BCUT2D eigenvalue weighted by Crippen LogP contribution is 2.32. The molecule has 59 heavy (non-hydrogen) atoms. The van der Waals surface area contributed by atoms with Gasteiger partial charge in [-0.25, -0.2) is 24.2 Å². The Balaban J connectivity index is 0.000000356. The van der Waals surface area contributed by atoms with Crippen LogP contribution in [0.15, 0.2) is 66.8 Å². The molecule has 0 fully saturated rings. The Morgan fingerprint density at radius 1 is 0.678 bits per heavy atom. The maximum absolute atomic E-state index is 12.2. The molecule has 0 aromatic carbocycles. The summed E-state index contributed by atoms with van der Waals surface area (Å²) in [5.41, 5.74) is -1.72. The van der Waals surface area contributed by atoms with E-state index in [0.29, 0.717) is 29.7 Å². The van der Waals surface area contributed by atoms with Crippen LogP contribution in [0.1, 0.15) is 147 Å². The Labute approximate surface area is 332 Å². The average molecular weight is 848 g/mol. The van der Waals surface area contributed by atoms with Gasteiger partial charge in [0.2, 0.25) is 5.89 Å². The van der Waals surface area contributed by atoms with Crippen LogP contribution in [0.3, 0.4) is 0 Å². The Hall–Kier alpha value is -6.30. The fraction of sp³-hybridized carbons (Fsp3) is 0.618. The number of H-pyrrole nitrogens is 5. The molecular formula is C34H52F3N11O11. The molecule has 5 N–H and O–H groups in total. The van der Waals surface area contributed by atoms with Crippen LogP contribution in [0.2, 0.25) is 0 Å². The Morgan fingerprint density at radius 3 is 1.49 bits per heavy atom. The van der Waals surface area contributed by atoms with Gasteiger partial charge in [-0.05, 0) is 31.9 Å². The van der Waals surface area contributed by atoms with Crippen LogP contribution in [-0.2, 0) is 6.18 Å². The standard InChI is InChI=1S/C7H8F3NO2.C7H11NO2.C5H9N3.C5H8N2O3.2C5H8N2O2/c1-3(2)5-4(7(8,9)10)6(12)11-13-5;1-4(2)6-5(3)7(9)8-10-6;1-4(2)5-3-6-8-7-5;1-3(2)7-4(8)6-5(9)10-7;1-3(2)4-6-5(8)7-9-4;1-3(2)4-6-5(8)9-7-4/h3H,1-2H3,(H,11,12);4H,1-3H3,(H,8,9);4H,3H2,1-2H3;3H,1-2H3,(H,6,8,9);3H,1-2H3,(H,7,8);3H,1-2H3,(H,6,7,8). The van der Waals surface area contributed by atoms with Gasteiger partial charge in [-0.1, -0.05) is 74.4 Å². The van der Waals surface area contributed by atoms with E-state index in [1.807, 2.05) is 46.5 Å². The molecule has 0 aliphatic carbocycles. The van der Waals surface area contributed by atoms with Crippen molar-refractivity contribution < 1.29 is 35.8 Å². The second-order valence-electron chi connectivity index (χ2n) is 14.2. The summed E-state index contributed by atoms with van der Waals surface area (Å²) in [5, 5.41) is 20.6. The van der Waals surface area contributed by atoms with Crippen molar-refractivity contribution in [2.24, 2.45) is 21.4 Å². The number of hydrogen-bond donors (Lipinski definition) is 5. The first kappa shape index (κ1) is 50.7. The minimum absolute atomic E-state index is 0.119. The zero-order valence-electron chi connectivity index (χ0n) is 35.0. The molecule has 0 saturated carbocycles. The third kappa shape index (κ3) is 17.0. The van der Waals surface area contributed by atoms with Gasteiger partial charge in [-0.3, -0.25) is 19.1 Å². The molecule has 22 nitrogen and oxygen atoms in total. The van der Waals surface area contributed by atoms with Gasteiger partial charge in [-0.15, -0.1) is 9.84 Å². The number of nitrogens with one attached hydrogen (secondary N) is 5. The number of alkyl halides is 3. The van der Waals surface area contributed by atoms with Crippen LogP contribution in [0.4, 0.5) is 13.2 Å². The summed E-state index contributed by atoms with van der Waals surface area (Å²) in [6.45, 7) is 24.8. The predicted octanol–water partition coefficient (Wildman–Crippen LogP) is 5.66. The van der Waals surface area contributed by atoms with Gasteiger partial charge >= 0.3 is 29.1 Å². The molecule has 6 heterocycles. The van der Waals surface area contributed by atoms with E-state index in [9.17, 15) is 41.9 Å². The molecule has 1 aliphatic rings. The molecule has 330 valence electrons. The van der Waals surface area contributed by atoms with Crippen molar-refractivity contribution in [1.82, 2.24) is 40.3 Å². The average Bonchev–Trinajstić information content (AvgIpc) is 3.98. The van der Waals surface area contributed by atoms with Crippen molar-refractivity contribution in [2.45, 2.75) is 126 Å². The molecule has 1 aliphatic heterocycles. The lowest BCUT2D eigenvalue weighted by molar-refractivity contribution is -0.139. The molecular weight excluding hydrogens is 795 g/mol. The normalized spacial score (nSPS) is 12.0. The third-order valence-electron chi connectivity index (χ3n) is 7.17. The molecule has 0 bridgehead atoms. The molecule has 0 amide bonds. The Morgan fingerprint density at radius 2 is 1.25 bits per heavy atom. The van der Waals surface area contributed by atoms with Crippen molar-refractivity contribution in [2.75, 3.05) is 6.54 Å². The summed E-state index contributed by atoms with van der Waals surface area (Å²) in [4.78, 5) is 71.2. The first-order chi connectivity index (χ1) is 27.3. The molecule has 0 spiro atoms. The van der Waals surface area contributed by atoms with Gasteiger partial charge in [0.05, 0.1) is 17.3 Å². The quantitative estimate of drug-likeness (QED) is 0.138. The van der Waals surface area contributed by atoms with Gasteiger partial charge in [-0.2, -0.15) is 38.7 Å². The smallest absolute Gasteiger partial charge is 0.383 e. The molecule has 0 unspecified atom stereocenters. The number of aromatic amines is 5. The lowest BCUT2D eigenvalue weighted by Crippen LogP contribution is -2.18. The van der Waals surface area contributed by atoms with Crippen molar-refractivity contribution >= 4 is 5.71 Å². The fourth-order valence-corrected chi connectivity index (χ4v) is 4.05. The first-order valence-electron chi connectivity index (χ1n) is 18.1. The molecule has 5 aromatic heterocycles. The van der Waals surface area contributed by atoms with Crippen LogP contribution >= 0.6 is 0 Å². The van der Waals surface area contributed by atoms with Crippen LogP contribution in [-0.4, -0.2) is 52.6 Å². The van der Waals surface area contributed by atoms with Crippen LogP contribution in [0.25, 0.3) is 0 Å². The van der Waals surface area contributed by atoms with E-state index < -0.39 is 46.1 Å². The van der Waals surface area contributed by atoms with Crippen LogP contribution < -0.4 is 34.0 Å². The third-order valence-corrected chi connectivity index (χ3v) is 7.17. The van der Waals surface area contributed by atoms with E-state index >= 15 is 0 Å². The number of halogens is 3. The monoisotopic (exact) mass is 847 g/mol. The zero-order chi connectivity index (χ0) is 45.4. The van der Waals surface area contributed by atoms with Gasteiger partial charge in [0.25, 0.3) is 11.1 Å². The van der Waals surface area contributed by atoms with Crippen LogP contribution in [0.5, 0.6) is 0 Å². The summed E-state index contributed by atoms with van der Waals surface area (Å²) >= 11 is 0. The highest BCUT2D eigenvalue weighted by Gasteiger charge is 2.40. The van der Waals surface area contributed by atoms with Gasteiger partial charge in [0.15, 0.2) is 17.1 Å². The minimum Gasteiger partial charge on any atom is -0.383 e. The summed E-state index contributed by atoms with van der Waals surface area (Å²) in [7, 11) is 0. The summed E-state index contributed by atoms with van der Waals surface area (Å²) in [6, 6.07) is -0.119. The number of aromatic nitrogens is 8. The summed E-state index contributed by atoms with van der Waals surface area (Å²) < 4.78 is 60.4. The Kier molecular flexibility index (Phi) is 19.9. The molecule has 6 rings (SSSR count). The zero-order valence-corrected chi connectivity index (χ0v) is 35.0. The van der Waals surface area contributed by atoms with Crippen molar-refractivity contribution in [3.05, 3.63) is 97.1 Å². The second kappa shape index (κ2) is 23.2. The lowest BCUT2D eigenvalue weighted by atomic mass is 10.1. The highest BCUT2D eigenvalue weighted by atomic mass is 19.4. The molecule has 0 saturated heterocycles. The summed E-state index contributed by atoms with van der Waals surface area (Å²) in [5.74, 6) is 0.958. The fourth-order valence-electron chi connectivity index (χ4n) is 4.05. The van der Waals surface area contributed by atoms with E-state index in [-0.39, 0.29) is 35.1 Å². The predicted molar refractivity (Wildman–Crippen MR) is 205 cm³/mol. The van der Waals surface area contributed by atoms with E-state index in [1.165, 1.54) is 13.8 Å². The van der Waals surface area contributed by atoms with Gasteiger partial charge in [0.1, 0.15) is 12.3 Å². The van der Waals surface area contributed by atoms with Crippen LogP contribution in [0, 0.1) is 12.8 Å². The molecule has 0 radical (unpaired) electrons. The van der Waals surface area contributed by atoms with E-state index in [1.54, 1.807) is 25.9 Å². The Bertz CT molecular complexity index is 2350. The molecule has 0 atom stereocenters. The number of nitrogens with zero attached hydrogens (tertiary/aromatic N) is 6. The molecule has 25 heteroatoms. The lowest BCUT2D eigenvalue weighted by Gasteiger charge is -2.05. The van der Waals surface area contributed by atoms with E-state index in [2.05, 4.69) is 72.8 Å². The van der Waals surface area contributed by atoms with Crippen molar-refractivity contribution in [3.63, 3.8) is 0 Å². The highest BCUT2D eigenvalue weighted by molar-refractivity contribution is 5.88. The maximum Gasteiger partial charge on any atom is 0.440 e. The minimum atomic E-state index is -4.65. The molecule has 5 aromatic rings. The second-order valence-corrected chi connectivity index (χ2v) is 14.2. The van der Waals surface area contributed by atoms with Gasteiger partial charge in [0, 0.05) is 23.7 Å². The number of rotatable bonds is 6. The van der Waals surface area contributed by atoms with E-state index in [0.717, 1.165) is 16.2 Å². The van der Waals surface area contributed by atoms with E-state index in [4.69, 9.17) is 4.52 Å². The van der Waals surface area contributed by atoms with Gasteiger partial charge < -0.3 is 18.1 Å². The summed E-state index contributed by atoms with van der Waals surface area (Å²) in [6.07, 6.45) is -4.65.